The van der Waals surface area contributed by atoms with Crippen LogP contribution in [-0.4, -0.2) is 16.8 Å². The molecule has 6 heteroatoms. The molecule has 0 atom stereocenters. The number of rotatable bonds is 5. The van der Waals surface area contributed by atoms with Gasteiger partial charge in [-0.05, 0) is 61.4 Å². The van der Waals surface area contributed by atoms with Crippen molar-refractivity contribution < 1.29 is 9.59 Å². The third kappa shape index (κ3) is 4.75. The third-order valence-electron chi connectivity index (χ3n) is 4.28. The van der Waals surface area contributed by atoms with Crippen molar-refractivity contribution in [2.24, 2.45) is 0 Å². The van der Waals surface area contributed by atoms with Gasteiger partial charge in [-0.25, -0.2) is 0 Å². The van der Waals surface area contributed by atoms with Gasteiger partial charge in [0.25, 0.3) is 11.8 Å². The lowest BCUT2D eigenvalue weighted by Gasteiger charge is -2.12. The van der Waals surface area contributed by atoms with Gasteiger partial charge in [-0.3, -0.25) is 14.6 Å². The van der Waals surface area contributed by atoms with Crippen molar-refractivity contribution in [2.45, 2.75) is 20.3 Å². The number of carbonyl (C=O) groups is 2. The Bertz CT molecular complexity index is 1020. The predicted molar refractivity (Wildman–Crippen MR) is 112 cm³/mol. The number of carbonyl (C=O) groups excluding carboxylic acids is 2. The molecule has 0 saturated carbocycles. The third-order valence-corrected chi connectivity index (χ3v) is 4.51. The van der Waals surface area contributed by atoms with Crippen molar-refractivity contribution in [3.8, 4) is 0 Å². The Balaban J connectivity index is 1.75. The number of nitrogens with zero attached hydrogens (tertiary/aromatic N) is 1. The van der Waals surface area contributed by atoms with E-state index in [1.807, 2.05) is 26.0 Å². The summed E-state index contributed by atoms with van der Waals surface area (Å²) in [4.78, 5) is 29.1. The van der Waals surface area contributed by atoms with Gasteiger partial charge in [0.05, 0.1) is 5.56 Å². The number of hydrogen-bond donors (Lipinski definition) is 2. The molecule has 0 radical (unpaired) electrons. The zero-order valence-corrected chi connectivity index (χ0v) is 16.4. The molecule has 3 rings (SSSR count). The van der Waals surface area contributed by atoms with E-state index in [0.717, 1.165) is 17.7 Å². The van der Waals surface area contributed by atoms with Gasteiger partial charge < -0.3 is 10.6 Å². The zero-order chi connectivity index (χ0) is 20.1. The Labute approximate surface area is 168 Å². The maximum absolute atomic E-state index is 12.5. The van der Waals surface area contributed by atoms with Gasteiger partial charge in [0.2, 0.25) is 0 Å². The van der Waals surface area contributed by atoms with E-state index in [9.17, 15) is 9.59 Å². The van der Waals surface area contributed by atoms with Crippen LogP contribution in [0.25, 0.3) is 0 Å². The number of halogens is 1. The van der Waals surface area contributed by atoms with Crippen molar-refractivity contribution in [3.05, 3.63) is 88.2 Å². The van der Waals surface area contributed by atoms with Crippen LogP contribution in [0.5, 0.6) is 0 Å². The Morgan fingerprint density at radius 2 is 1.75 bits per heavy atom. The fourth-order valence-corrected chi connectivity index (χ4v) is 2.82. The van der Waals surface area contributed by atoms with Crippen molar-refractivity contribution >= 4 is 34.8 Å². The highest BCUT2D eigenvalue weighted by atomic mass is 35.5. The van der Waals surface area contributed by atoms with Crippen molar-refractivity contribution in [3.63, 3.8) is 0 Å². The lowest BCUT2D eigenvalue weighted by atomic mass is 10.1. The second-order valence-corrected chi connectivity index (χ2v) is 6.78. The molecule has 1 heterocycles. The number of aryl methyl sites for hydroxylation is 2. The summed E-state index contributed by atoms with van der Waals surface area (Å²) in [7, 11) is 0. The first-order chi connectivity index (χ1) is 13.5. The number of benzene rings is 2. The van der Waals surface area contributed by atoms with E-state index in [-0.39, 0.29) is 11.8 Å². The molecular formula is C22H20ClN3O2. The average molecular weight is 394 g/mol. The molecule has 0 aliphatic rings. The Morgan fingerprint density at radius 3 is 2.43 bits per heavy atom. The van der Waals surface area contributed by atoms with Crippen LogP contribution < -0.4 is 10.6 Å². The molecule has 2 amide bonds. The van der Waals surface area contributed by atoms with Crippen LogP contribution >= 0.6 is 11.6 Å². The van der Waals surface area contributed by atoms with Crippen LogP contribution in [-0.2, 0) is 6.42 Å². The molecule has 1 aromatic heterocycles. The largest absolute Gasteiger partial charge is 0.322 e. The van der Waals surface area contributed by atoms with Gasteiger partial charge in [0, 0.05) is 33.9 Å². The molecule has 3 aromatic rings. The fourth-order valence-electron chi connectivity index (χ4n) is 2.63. The first-order valence-electron chi connectivity index (χ1n) is 8.90. The minimum absolute atomic E-state index is 0.258. The summed E-state index contributed by atoms with van der Waals surface area (Å²) in [6.45, 7) is 3.89. The lowest BCUT2D eigenvalue weighted by Crippen LogP contribution is -2.15. The van der Waals surface area contributed by atoms with Crippen LogP contribution in [0.3, 0.4) is 0 Å². The van der Waals surface area contributed by atoms with Gasteiger partial charge in [-0.2, -0.15) is 0 Å². The van der Waals surface area contributed by atoms with Gasteiger partial charge in [-0.15, -0.1) is 0 Å². The number of hydrogen-bond acceptors (Lipinski definition) is 3. The van der Waals surface area contributed by atoms with Gasteiger partial charge in [0.15, 0.2) is 0 Å². The van der Waals surface area contributed by atoms with Gasteiger partial charge in [0.1, 0.15) is 0 Å². The topological polar surface area (TPSA) is 71.1 Å². The number of amides is 2. The smallest absolute Gasteiger partial charge is 0.257 e. The normalized spacial score (nSPS) is 10.4. The fraction of sp³-hybridized carbons (Fsp3) is 0.136. The maximum atomic E-state index is 12.5. The molecule has 0 aliphatic carbocycles. The van der Waals surface area contributed by atoms with E-state index in [1.165, 1.54) is 0 Å². The van der Waals surface area contributed by atoms with Crippen LogP contribution in [0.1, 0.15) is 38.9 Å². The number of aromatic nitrogens is 1. The number of pyridine rings is 1. The summed E-state index contributed by atoms with van der Waals surface area (Å²) in [5, 5.41) is 6.19. The molecule has 28 heavy (non-hydrogen) atoms. The second kappa shape index (κ2) is 8.67. The van der Waals surface area contributed by atoms with Crippen LogP contribution in [0, 0.1) is 6.92 Å². The second-order valence-electron chi connectivity index (χ2n) is 6.34. The lowest BCUT2D eigenvalue weighted by molar-refractivity contribution is 0.101. The van der Waals surface area contributed by atoms with E-state index in [2.05, 4.69) is 15.6 Å². The minimum atomic E-state index is -0.270. The standard InChI is InChI=1S/C22H20ClN3O2/c1-3-18-10-8-16(13-24-18)22(28)25-19-9-7-14(2)20(12-19)26-21(27)15-5-4-6-17(23)11-15/h4-13H,3H2,1-2H3,(H,25,28)(H,26,27). The van der Waals surface area contributed by atoms with Gasteiger partial charge >= 0.3 is 0 Å². The summed E-state index contributed by atoms with van der Waals surface area (Å²) < 4.78 is 0. The average Bonchev–Trinajstić information content (AvgIpc) is 2.70. The summed E-state index contributed by atoms with van der Waals surface area (Å²) in [5.74, 6) is -0.528. The molecule has 2 aromatic carbocycles. The van der Waals surface area contributed by atoms with Crippen molar-refractivity contribution in [1.82, 2.24) is 4.98 Å². The van der Waals surface area contributed by atoms with E-state index in [1.54, 1.807) is 48.7 Å². The Morgan fingerprint density at radius 1 is 0.964 bits per heavy atom. The molecule has 0 bridgehead atoms. The molecule has 0 unspecified atom stereocenters. The molecule has 2 N–H and O–H groups in total. The van der Waals surface area contributed by atoms with E-state index in [0.29, 0.717) is 27.5 Å². The predicted octanol–water partition coefficient (Wildman–Crippen LogP) is 5.11. The zero-order valence-electron chi connectivity index (χ0n) is 15.6. The quantitative estimate of drug-likeness (QED) is 0.632. The van der Waals surface area contributed by atoms with Crippen molar-refractivity contribution in [2.75, 3.05) is 10.6 Å². The van der Waals surface area contributed by atoms with Crippen LogP contribution in [0.15, 0.2) is 60.8 Å². The van der Waals surface area contributed by atoms with E-state index < -0.39 is 0 Å². The minimum Gasteiger partial charge on any atom is -0.322 e. The molecule has 0 saturated heterocycles. The molecular weight excluding hydrogens is 374 g/mol. The van der Waals surface area contributed by atoms with E-state index in [4.69, 9.17) is 11.6 Å². The first-order valence-corrected chi connectivity index (χ1v) is 9.28. The Kier molecular flexibility index (Phi) is 6.06. The van der Waals surface area contributed by atoms with Gasteiger partial charge in [-0.1, -0.05) is 30.7 Å². The van der Waals surface area contributed by atoms with Crippen LogP contribution in [0.2, 0.25) is 5.02 Å². The first kappa shape index (κ1) is 19.6. The molecule has 0 spiro atoms. The molecule has 142 valence electrons. The van der Waals surface area contributed by atoms with Crippen molar-refractivity contribution in [1.29, 1.82) is 0 Å². The monoisotopic (exact) mass is 393 g/mol. The summed E-state index contributed by atoms with van der Waals surface area (Å²) in [6, 6.07) is 15.7. The number of anilines is 2. The summed E-state index contributed by atoms with van der Waals surface area (Å²) in [6.07, 6.45) is 2.37. The SMILES string of the molecule is CCc1ccc(C(=O)Nc2ccc(C)c(NC(=O)c3cccc(Cl)c3)c2)cn1. The molecule has 0 fully saturated rings. The molecule has 0 aliphatic heterocycles. The highest BCUT2D eigenvalue weighted by Crippen LogP contribution is 2.22. The van der Waals surface area contributed by atoms with Crippen LogP contribution in [0.4, 0.5) is 11.4 Å². The summed E-state index contributed by atoms with van der Waals surface area (Å²) in [5.41, 5.74) is 3.93. The maximum Gasteiger partial charge on any atom is 0.257 e. The highest BCUT2D eigenvalue weighted by molar-refractivity contribution is 6.31. The highest BCUT2D eigenvalue weighted by Gasteiger charge is 2.11. The summed E-state index contributed by atoms with van der Waals surface area (Å²) >= 11 is 5.95. The van der Waals surface area contributed by atoms with E-state index >= 15 is 0 Å². The molecule has 5 nitrogen and oxygen atoms in total. The number of nitrogens with one attached hydrogen (secondary N) is 2. The Hall–Kier alpha value is -3.18.